The number of carbonyl (C=O) groups excluding carboxylic acids is 2. The maximum Gasteiger partial charge on any atom is 0.406 e. The zero-order chi connectivity index (χ0) is 16.5. The monoisotopic (exact) mass is 314 g/mol. The highest BCUT2D eigenvalue weighted by Crippen LogP contribution is 2.21. The van der Waals surface area contributed by atoms with Crippen molar-refractivity contribution < 1.29 is 22.8 Å². The van der Waals surface area contributed by atoms with Crippen LogP contribution < -0.4 is 5.32 Å². The summed E-state index contributed by atoms with van der Waals surface area (Å²) < 4.78 is 37.1. The molecular formula is C15H17F3N2O2. The summed E-state index contributed by atoms with van der Waals surface area (Å²) in [6.45, 7) is 2.28. The molecule has 0 bridgehead atoms. The highest BCUT2D eigenvalue weighted by Gasteiger charge is 2.38. The van der Waals surface area contributed by atoms with E-state index in [9.17, 15) is 22.8 Å². The molecule has 1 fully saturated rings. The molecule has 1 aromatic rings. The number of nitrogens with one attached hydrogen (secondary N) is 1. The number of amides is 2. The third kappa shape index (κ3) is 3.78. The van der Waals surface area contributed by atoms with Crippen LogP contribution in [-0.2, 0) is 4.79 Å². The van der Waals surface area contributed by atoms with Gasteiger partial charge in [-0.2, -0.15) is 13.2 Å². The molecule has 22 heavy (non-hydrogen) atoms. The number of alkyl halides is 3. The molecule has 1 aliphatic heterocycles. The Morgan fingerprint density at radius 1 is 1.36 bits per heavy atom. The van der Waals surface area contributed by atoms with Crippen LogP contribution in [0, 0.1) is 13.8 Å². The van der Waals surface area contributed by atoms with Crippen molar-refractivity contribution in [3.05, 3.63) is 34.9 Å². The first-order chi connectivity index (χ1) is 10.2. The summed E-state index contributed by atoms with van der Waals surface area (Å²) in [6.07, 6.45) is -4.53. The second-order valence-corrected chi connectivity index (χ2v) is 5.51. The summed E-state index contributed by atoms with van der Waals surface area (Å²) >= 11 is 0. The van der Waals surface area contributed by atoms with E-state index < -0.39 is 24.7 Å². The minimum atomic E-state index is -4.43. The number of halogens is 3. The van der Waals surface area contributed by atoms with Gasteiger partial charge in [0, 0.05) is 18.5 Å². The minimum Gasteiger partial charge on any atom is -0.347 e. The molecule has 0 aliphatic carbocycles. The van der Waals surface area contributed by atoms with Crippen LogP contribution >= 0.6 is 0 Å². The molecule has 1 aromatic carbocycles. The summed E-state index contributed by atoms with van der Waals surface area (Å²) in [5.41, 5.74) is 2.24. The van der Waals surface area contributed by atoms with Crippen molar-refractivity contribution in [1.82, 2.24) is 10.2 Å². The van der Waals surface area contributed by atoms with Crippen molar-refractivity contribution in [2.24, 2.45) is 0 Å². The van der Waals surface area contributed by atoms with Gasteiger partial charge in [-0.1, -0.05) is 12.1 Å². The summed E-state index contributed by atoms with van der Waals surface area (Å²) in [6, 6.07) is 4.67. The van der Waals surface area contributed by atoms with E-state index in [4.69, 9.17) is 0 Å². The summed E-state index contributed by atoms with van der Waals surface area (Å²) in [7, 11) is 0. The molecule has 0 saturated carbocycles. The normalized spacial score (nSPS) is 18.7. The van der Waals surface area contributed by atoms with Crippen molar-refractivity contribution in [3.63, 3.8) is 0 Å². The third-order valence-corrected chi connectivity index (χ3v) is 3.77. The second kappa shape index (κ2) is 5.98. The van der Waals surface area contributed by atoms with Crippen LogP contribution in [-0.4, -0.2) is 42.0 Å². The fourth-order valence-electron chi connectivity index (χ4n) is 2.50. The van der Waals surface area contributed by atoms with Gasteiger partial charge in [0.15, 0.2) is 0 Å². The predicted molar refractivity (Wildman–Crippen MR) is 74.4 cm³/mol. The zero-order valence-corrected chi connectivity index (χ0v) is 12.3. The van der Waals surface area contributed by atoms with Crippen LogP contribution in [0.5, 0.6) is 0 Å². The summed E-state index contributed by atoms with van der Waals surface area (Å²) in [5, 5.41) is 2.64. The Balaban J connectivity index is 2.02. The number of aryl methyl sites for hydroxylation is 1. The molecule has 0 radical (unpaired) electrons. The standard InChI is InChI=1S/C15H17F3N2O2/c1-9-4-3-5-12(10(9)2)14(22)19-11-6-13(21)20(7-11)8-15(16,17)18/h3-5,11H,6-8H2,1-2H3,(H,19,22)/t11-/m1/s1. The molecule has 0 unspecified atom stereocenters. The zero-order valence-electron chi connectivity index (χ0n) is 12.3. The number of benzene rings is 1. The maximum atomic E-state index is 12.4. The Morgan fingerprint density at radius 3 is 2.68 bits per heavy atom. The van der Waals surface area contributed by atoms with Gasteiger partial charge in [-0.05, 0) is 31.0 Å². The van der Waals surface area contributed by atoms with Gasteiger partial charge in [-0.15, -0.1) is 0 Å². The number of hydrogen-bond donors (Lipinski definition) is 1. The van der Waals surface area contributed by atoms with Crippen LogP contribution in [0.3, 0.4) is 0 Å². The lowest BCUT2D eigenvalue weighted by Crippen LogP contribution is -2.40. The Kier molecular flexibility index (Phi) is 4.44. The number of nitrogens with zero attached hydrogens (tertiary/aromatic N) is 1. The van der Waals surface area contributed by atoms with Crippen molar-refractivity contribution in [3.8, 4) is 0 Å². The topological polar surface area (TPSA) is 49.4 Å². The van der Waals surface area contributed by atoms with Gasteiger partial charge in [0.1, 0.15) is 6.54 Å². The number of likely N-dealkylation sites (tertiary alicyclic amines) is 1. The maximum absolute atomic E-state index is 12.4. The highest BCUT2D eigenvalue weighted by atomic mass is 19.4. The predicted octanol–water partition coefficient (Wildman–Crippen LogP) is 2.20. The first kappa shape index (κ1) is 16.3. The molecule has 120 valence electrons. The highest BCUT2D eigenvalue weighted by molar-refractivity contribution is 5.96. The average molecular weight is 314 g/mol. The van der Waals surface area contributed by atoms with Crippen molar-refractivity contribution in [2.75, 3.05) is 13.1 Å². The molecule has 1 N–H and O–H groups in total. The van der Waals surface area contributed by atoms with Crippen molar-refractivity contribution >= 4 is 11.8 Å². The molecule has 2 rings (SSSR count). The lowest BCUT2D eigenvalue weighted by Gasteiger charge is -2.19. The molecule has 0 spiro atoms. The third-order valence-electron chi connectivity index (χ3n) is 3.77. The van der Waals surface area contributed by atoms with E-state index in [2.05, 4.69) is 5.32 Å². The van der Waals surface area contributed by atoms with E-state index in [0.29, 0.717) is 5.56 Å². The molecule has 4 nitrogen and oxygen atoms in total. The largest absolute Gasteiger partial charge is 0.406 e. The van der Waals surface area contributed by atoms with Gasteiger partial charge in [-0.25, -0.2) is 0 Å². The van der Waals surface area contributed by atoms with Gasteiger partial charge in [0.25, 0.3) is 5.91 Å². The average Bonchev–Trinajstić information content (AvgIpc) is 2.70. The van der Waals surface area contributed by atoms with Crippen LogP contribution in [0.25, 0.3) is 0 Å². The molecule has 2 amide bonds. The van der Waals surface area contributed by atoms with Gasteiger partial charge >= 0.3 is 6.18 Å². The minimum absolute atomic E-state index is 0.104. The molecule has 1 atom stereocenters. The van der Waals surface area contributed by atoms with Gasteiger partial charge in [-0.3, -0.25) is 9.59 Å². The van der Waals surface area contributed by atoms with E-state index in [-0.39, 0.29) is 18.9 Å². The molecular weight excluding hydrogens is 297 g/mol. The Labute approximate surface area is 126 Å². The second-order valence-electron chi connectivity index (χ2n) is 5.51. The lowest BCUT2D eigenvalue weighted by atomic mass is 10.0. The fraction of sp³-hybridized carbons (Fsp3) is 0.467. The smallest absolute Gasteiger partial charge is 0.347 e. The molecule has 1 heterocycles. The number of rotatable bonds is 3. The molecule has 0 aromatic heterocycles. The fourth-order valence-corrected chi connectivity index (χ4v) is 2.50. The van der Waals surface area contributed by atoms with Crippen molar-refractivity contribution in [2.45, 2.75) is 32.5 Å². The lowest BCUT2D eigenvalue weighted by molar-refractivity contribution is -0.157. The SMILES string of the molecule is Cc1cccc(C(=O)N[C@@H]2CC(=O)N(CC(F)(F)F)C2)c1C. The first-order valence-electron chi connectivity index (χ1n) is 6.89. The van der Waals surface area contributed by atoms with Crippen LogP contribution in [0.15, 0.2) is 18.2 Å². The van der Waals surface area contributed by atoms with E-state index in [0.717, 1.165) is 16.0 Å². The Bertz CT molecular complexity index is 599. The van der Waals surface area contributed by atoms with Gasteiger partial charge in [0.2, 0.25) is 5.91 Å². The number of hydrogen-bond acceptors (Lipinski definition) is 2. The Morgan fingerprint density at radius 2 is 2.05 bits per heavy atom. The summed E-state index contributed by atoms with van der Waals surface area (Å²) in [4.78, 5) is 24.5. The van der Waals surface area contributed by atoms with E-state index in [1.807, 2.05) is 13.0 Å². The first-order valence-corrected chi connectivity index (χ1v) is 6.89. The number of carbonyl (C=O) groups is 2. The van der Waals surface area contributed by atoms with Crippen LogP contribution in [0.2, 0.25) is 0 Å². The van der Waals surface area contributed by atoms with Gasteiger partial charge < -0.3 is 10.2 Å². The van der Waals surface area contributed by atoms with Gasteiger partial charge in [0.05, 0.1) is 6.04 Å². The van der Waals surface area contributed by atoms with E-state index in [1.54, 1.807) is 19.1 Å². The van der Waals surface area contributed by atoms with E-state index in [1.165, 1.54) is 0 Å². The Hall–Kier alpha value is -2.05. The summed E-state index contributed by atoms with van der Waals surface area (Å²) in [5.74, 6) is -0.962. The molecule has 1 aliphatic rings. The molecule has 1 saturated heterocycles. The van der Waals surface area contributed by atoms with Crippen LogP contribution in [0.4, 0.5) is 13.2 Å². The van der Waals surface area contributed by atoms with Crippen LogP contribution in [0.1, 0.15) is 27.9 Å². The molecule has 7 heteroatoms. The quantitative estimate of drug-likeness (QED) is 0.930. The van der Waals surface area contributed by atoms with Crippen molar-refractivity contribution in [1.29, 1.82) is 0 Å². The van der Waals surface area contributed by atoms with E-state index >= 15 is 0 Å².